The van der Waals surface area contributed by atoms with E-state index in [1.807, 2.05) is 13.0 Å². The molecule has 0 heterocycles. The highest BCUT2D eigenvalue weighted by molar-refractivity contribution is 5.43. The zero-order valence-electron chi connectivity index (χ0n) is 9.71. The highest BCUT2D eigenvalue weighted by atomic mass is 16.4. The van der Waals surface area contributed by atoms with E-state index >= 15 is 0 Å². The first-order valence-electron chi connectivity index (χ1n) is 4.57. The lowest BCUT2D eigenvalue weighted by Crippen LogP contribution is -1.81. The van der Waals surface area contributed by atoms with Gasteiger partial charge < -0.3 is 4.74 Å². The van der Waals surface area contributed by atoms with Gasteiger partial charge in [0.1, 0.15) is 0 Å². The molecule has 0 aromatic carbocycles. The molecule has 0 aliphatic rings. The second-order valence-corrected chi connectivity index (χ2v) is 2.51. The summed E-state index contributed by atoms with van der Waals surface area (Å²) in [6.07, 6.45) is 6.80. The predicted octanol–water partition coefficient (Wildman–Crippen LogP) is 3.38. The minimum Gasteiger partial charge on any atom is -0.388 e. The van der Waals surface area contributed by atoms with E-state index in [0.717, 1.165) is 17.7 Å². The fourth-order valence-electron chi connectivity index (χ4n) is 0.862. The molecule has 0 aromatic rings. The molecular weight excluding hydrogens is 174 g/mol. The quantitative estimate of drug-likeness (QED) is 0.498. The largest absolute Gasteiger partial charge is 0.388 e. The molecule has 0 aliphatic carbocycles. The first kappa shape index (κ1) is 15.3. The maximum atomic E-state index is 4.25. The smallest absolute Gasteiger partial charge is 0.0648 e. The van der Waals surface area contributed by atoms with Crippen molar-refractivity contribution in [1.82, 2.24) is 0 Å². The molecule has 2 heteroatoms. The van der Waals surface area contributed by atoms with Crippen LogP contribution in [0.1, 0.15) is 20.3 Å². The summed E-state index contributed by atoms with van der Waals surface area (Å²) in [5.74, 6) is 0. The number of nitrogens with zero attached hydrogens (tertiary/aromatic N) is 1. The highest BCUT2D eigenvalue weighted by Gasteiger charge is 1.94. The fraction of sp³-hybridized carbons (Fsp3) is 0.417. The van der Waals surface area contributed by atoms with Crippen LogP contribution in [0.3, 0.4) is 0 Å². The third-order valence-electron chi connectivity index (χ3n) is 1.38. The van der Waals surface area contributed by atoms with Crippen molar-refractivity contribution < 1.29 is 4.74 Å². The maximum absolute atomic E-state index is 4.25. The van der Waals surface area contributed by atoms with Gasteiger partial charge in [-0.25, -0.2) is 0 Å². The van der Waals surface area contributed by atoms with Crippen molar-refractivity contribution in [3.63, 3.8) is 0 Å². The standard InChI is InChI=1S/C10H15N.C2H6O/c1-5-8-9(6-2)10(7-3)11-4;1-3-2/h6-8H,2,4-5H2,1,3H3;1-2H3/b9-8-,10-7+;. The van der Waals surface area contributed by atoms with Crippen molar-refractivity contribution in [3.05, 3.63) is 36.1 Å². The van der Waals surface area contributed by atoms with Gasteiger partial charge in [-0.3, -0.25) is 4.99 Å². The Morgan fingerprint density at radius 1 is 1.43 bits per heavy atom. The minimum atomic E-state index is 0.904. The molecular formula is C12H21NO. The molecule has 0 aromatic heterocycles. The number of allylic oxidation sites excluding steroid dienone is 3. The Labute approximate surface area is 87.7 Å². The first-order chi connectivity index (χ1) is 6.71. The molecule has 0 saturated heterocycles. The summed E-state index contributed by atoms with van der Waals surface area (Å²) in [4.78, 5) is 3.87. The van der Waals surface area contributed by atoms with Gasteiger partial charge in [0.25, 0.3) is 0 Å². The number of aliphatic imine (C=N–C) groups is 1. The molecule has 0 atom stereocenters. The summed E-state index contributed by atoms with van der Waals surface area (Å²) >= 11 is 0. The van der Waals surface area contributed by atoms with Crippen LogP contribution in [0.25, 0.3) is 0 Å². The molecule has 0 radical (unpaired) electrons. The van der Waals surface area contributed by atoms with Crippen molar-refractivity contribution in [3.8, 4) is 0 Å². The Bertz CT molecular complexity index is 214. The van der Waals surface area contributed by atoms with Gasteiger partial charge in [0.05, 0.1) is 5.70 Å². The monoisotopic (exact) mass is 195 g/mol. The molecule has 0 bridgehead atoms. The normalized spacial score (nSPS) is 11.4. The first-order valence-corrected chi connectivity index (χ1v) is 4.57. The third-order valence-corrected chi connectivity index (χ3v) is 1.38. The summed E-state index contributed by atoms with van der Waals surface area (Å²) in [5, 5.41) is 0. The number of methoxy groups -OCH3 is 1. The average Bonchev–Trinajstić information content (AvgIpc) is 2.19. The van der Waals surface area contributed by atoms with Crippen molar-refractivity contribution in [2.75, 3.05) is 14.2 Å². The fourth-order valence-corrected chi connectivity index (χ4v) is 0.862. The lowest BCUT2D eigenvalue weighted by Gasteiger charge is -1.99. The van der Waals surface area contributed by atoms with Crippen molar-refractivity contribution in [1.29, 1.82) is 0 Å². The molecule has 0 fully saturated rings. The Morgan fingerprint density at radius 2 is 1.93 bits per heavy atom. The van der Waals surface area contributed by atoms with E-state index in [1.54, 1.807) is 20.3 Å². The highest BCUT2D eigenvalue weighted by Crippen LogP contribution is 2.12. The summed E-state index contributed by atoms with van der Waals surface area (Å²) in [6.45, 7) is 11.2. The Hall–Kier alpha value is -1.15. The van der Waals surface area contributed by atoms with Gasteiger partial charge in [0.15, 0.2) is 0 Å². The van der Waals surface area contributed by atoms with Crippen LogP contribution in [0.5, 0.6) is 0 Å². The molecule has 2 nitrogen and oxygen atoms in total. The van der Waals surface area contributed by atoms with Crippen LogP contribution in [-0.2, 0) is 4.74 Å². The number of hydrogen-bond donors (Lipinski definition) is 0. The molecule has 0 N–H and O–H groups in total. The average molecular weight is 195 g/mol. The minimum absolute atomic E-state index is 0.904. The van der Waals surface area contributed by atoms with Crippen molar-refractivity contribution in [2.45, 2.75) is 20.3 Å². The predicted molar refractivity (Wildman–Crippen MR) is 64.8 cm³/mol. The maximum Gasteiger partial charge on any atom is 0.0648 e. The summed E-state index contributed by atoms with van der Waals surface area (Å²) in [7, 11) is 3.25. The zero-order chi connectivity index (χ0) is 11.4. The van der Waals surface area contributed by atoms with Crippen molar-refractivity contribution in [2.24, 2.45) is 4.99 Å². The van der Waals surface area contributed by atoms with Crippen LogP contribution in [0.2, 0.25) is 0 Å². The molecule has 0 unspecified atom stereocenters. The van der Waals surface area contributed by atoms with E-state index in [2.05, 4.69) is 36.0 Å². The third kappa shape index (κ3) is 7.50. The molecule has 80 valence electrons. The van der Waals surface area contributed by atoms with Crippen LogP contribution in [0.4, 0.5) is 0 Å². The molecule has 0 amide bonds. The number of hydrogen-bond acceptors (Lipinski definition) is 2. The molecule has 0 rings (SSSR count). The van der Waals surface area contributed by atoms with Gasteiger partial charge in [0.2, 0.25) is 0 Å². The van der Waals surface area contributed by atoms with E-state index in [4.69, 9.17) is 0 Å². The number of ether oxygens (including phenoxy) is 1. The topological polar surface area (TPSA) is 21.6 Å². The van der Waals surface area contributed by atoms with Gasteiger partial charge in [-0.15, -0.1) is 0 Å². The van der Waals surface area contributed by atoms with E-state index in [1.165, 1.54) is 0 Å². The van der Waals surface area contributed by atoms with Gasteiger partial charge in [0, 0.05) is 14.2 Å². The van der Waals surface area contributed by atoms with Gasteiger partial charge in [-0.2, -0.15) is 0 Å². The van der Waals surface area contributed by atoms with Crippen LogP contribution in [-0.4, -0.2) is 20.9 Å². The SMILES string of the molecule is C=CC(=C/CC)/C(=C\C)N=C.COC. The van der Waals surface area contributed by atoms with E-state index in [0.29, 0.717) is 0 Å². The zero-order valence-corrected chi connectivity index (χ0v) is 9.71. The van der Waals surface area contributed by atoms with Crippen LogP contribution in [0.15, 0.2) is 41.1 Å². The summed E-state index contributed by atoms with van der Waals surface area (Å²) < 4.78 is 4.25. The van der Waals surface area contributed by atoms with Gasteiger partial charge in [-0.1, -0.05) is 31.7 Å². The van der Waals surface area contributed by atoms with Crippen molar-refractivity contribution >= 4 is 6.72 Å². The Morgan fingerprint density at radius 3 is 2.14 bits per heavy atom. The Kier molecular flexibility index (Phi) is 13.0. The molecule has 0 spiro atoms. The van der Waals surface area contributed by atoms with E-state index in [9.17, 15) is 0 Å². The van der Waals surface area contributed by atoms with Gasteiger partial charge in [-0.05, 0) is 25.6 Å². The van der Waals surface area contributed by atoms with E-state index < -0.39 is 0 Å². The molecule has 0 aliphatic heterocycles. The van der Waals surface area contributed by atoms with Crippen LogP contribution < -0.4 is 0 Å². The lowest BCUT2D eigenvalue weighted by atomic mass is 10.1. The summed E-state index contributed by atoms with van der Waals surface area (Å²) in [5.41, 5.74) is 1.96. The molecule has 0 saturated carbocycles. The van der Waals surface area contributed by atoms with Crippen LogP contribution in [0, 0.1) is 0 Å². The molecule has 14 heavy (non-hydrogen) atoms. The lowest BCUT2D eigenvalue weighted by molar-refractivity contribution is 0.277. The number of rotatable bonds is 4. The van der Waals surface area contributed by atoms with Crippen LogP contribution >= 0.6 is 0 Å². The second kappa shape index (κ2) is 11.8. The second-order valence-electron chi connectivity index (χ2n) is 2.51. The van der Waals surface area contributed by atoms with Gasteiger partial charge >= 0.3 is 0 Å². The Balaban J connectivity index is 0. The van der Waals surface area contributed by atoms with E-state index in [-0.39, 0.29) is 0 Å². The summed E-state index contributed by atoms with van der Waals surface area (Å²) in [6, 6.07) is 0.